The van der Waals surface area contributed by atoms with Gasteiger partial charge in [-0.3, -0.25) is 4.90 Å². The van der Waals surface area contributed by atoms with E-state index in [1.807, 2.05) is 0 Å². The minimum absolute atomic E-state index is 0.0412. The van der Waals surface area contributed by atoms with E-state index in [1.54, 1.807) is 6.07 Å². The second-order valence-electron chi connectivity index (χ2n) is 6.72. The normalized spacial score (nSPS) is 30.6. The smallest absolute Gasteiger partial charge is 0.159 e. The molecule has 2 unspecified atom stereocenters. The fraction of sp³-hybridized carbons (Fsp3) is 0.647. The molecular weight excluding hydrogens is 270 g/mol. The zero-order valence-electron chi connectivity index (χ0n) is 13.5. The fourth-order valence-corrected chi connectivity index (χ4v) is 2.87. The lowest BCUT2D eigenvalue weighted by Gasteiger charge is -2.52. The average molecular weight is 296 g/mol. The Balaban J connectivity index is 2.22. The highest BCUT2D eigenvalue weighted by molar-refractivity contribution is 5.18. The van der Waals surface area contributed by atoms with Crippen LogP contribution in [0.4, 0.5) is 8.78 Å². The molecule has 0 bridgehead atoms. The number of nitrogens with zero attached hydrogens (tertiary/aromatic N) is 1. The maximum atomic E-state index is 13.4. The first-order valence-corrected chi connectivity index (χ1v) is 7.76. The number of nitrogens with one attached hydrogen (secondary N) is 1. The number of hydrogen-bond acceptors (Lipinski definition) is 2. The Labute approximate surface area is 126 Å². The Morgan fingerprint density at radius 2 is 1.86 bits per heavy atom. The first-order chi connectivity index (χ1) is 9.82. The summed E-state index contributed by atoms with van der Waals surface area (Å²) in [5, 5.41) is 3.65. The molecule has 2 nitrogen and oxygen atoms in total. The van der Waals surface area contributed by atoms with Crippen molar-refractivity contribution in [2.75, 3.05) is 13.1 Å². The Bertz CT molecular complexity index is 506. The molecule has 1 aromatic carbocycles. The molecule has 0 amide bonds. The van der Waals surface area contributed by atoms with Crippen molar-refractivity contribution in [2.45, 2.75) is 58.2 Å². The van der Waals surface area contributed by atoms with Gasteiger partial charge in [0, 0.05) is 30.7 Å². The summed E-state index contributed by atoms with van der Waals surface area (Å²) < 4.78 is 26.5. The second kappa shape index (κ2) is 6.01. The van der Waals surface area contributed by atoms with Gasteiger partial charge in [0.05, 0.1) is 0 Å². The van der Waals surface area contributed by atoms with Crippen LogP contribution in [-0.2, 0) is 6.54 Å². The number of piperazine rings is 1. The van der Waals surface area contributed by atoms with Crippen LogP contribution >= 0.6 is 0 Å². The fourth-order valence-electron chi connectivity index (χ4n) is 2.87. The molecule has 0 spiro atoms. The molecular formula is C17H26F2N2. The van der Waals surface area contributed by atoms with Gasteiger partial charge in [0.15, 0.2) is 11.6 Å². The molecule has 0 aliphatic carbocycles. The molecule has 1 aliphatic heterocycles. The van der Waals surface area contributed by atoms with Gasteiger partial charge >= 0.3 is 0 Å². The summed E-state index contributed by atoms with van der Waals surface area (Å²) in [7, 11) is 0. The van der Waals surface area contributed by atoms with Crippen LogP contribution in [0.5, 0.6) is 0 Å². The summed E-state index contributed by atoms with van der Waals surface area (Å²) in [6.07, 6.45) is 2.06. The third-order valence-electron chi connectivity index (χ3n) is 5.10. The predicted molar refractivity (Wildman–Crippen MR) is 82.2 cm³/mol. The molecule has 1 saturated heterocycles. The Hall–Kier alpha value is -1.00. The van der Waals surface area contributed by atoms with Crippen LogP contribution < -0.4 is 5.32 Å². The van der Waals surface area contributed by atoms with Gasteiger partial charge in [0.25, 0.3) is 0 Å². The minimum atomic E-state index is -0.782. The average Bonchev–Trinajstić information content (AvgIpc) is 2.47. The Morgan fingerprint density at radius 3 is 2.43 bits per heavy atom. The van der Waals surface area contributed by atoms with Crippen molar-refractivity contribution in [3.63, 3.8) is 0 Å². The lowest BCUT2D eigenvalue weighted by atomic mass is 9.85. The molecule has 118 valence electrons. The molecule has 2 rings (SSSR count). The van der Waals surface area contributed by atoms with Crippen LogP contribution in [0.15, 0.2) is 18.2 Å². The molecule has 0 radical (unpaired) electrons. The van der Waals surface area contributed by atoms with E-state index >= 15 is 0 Å². The summed E-state index contributed by atoms with van der Waals surface area (Å²) in [4.78, 5) is 2.40. The van der Waals surface area contributed by atoms with Crippen molar-refractivity contribution in [3.05, 3.63) is 35.4 Å². The first-order valence-electron chi connectivity index (χ1n) is 7.76. The maximum Gasteiger partial charge on any atom is 0.159 e. The van der Waals surface area contributed by atoms with Crippen molar-refractivity contribution >= 4 is 0 Å². The molecule has 1 aliphatic rings. The van der Waals surface area contributed by atoms with Crippen molar-refractivity contribution in [1.82, 2.24) is 10.2 Å². The molecule has 0 aromatic heterocycles. The molecule has 21 heavy (non-hydrogen) atoms. The lowest BCUT2D eigenvalue weighted by molar-refractivity contribution is 0.0104. The van der Waals surface area contributed by atoms with E-state index < -0.39 is 11.6 Å². The predicted octanol–water partition coefficient (Wildman–Crippen LogP) is 3.71. The highest BCUT2D eigenvalue weighted by atomic mass is 19.2. The van der Waals surface area contributed by atoms with Crippen LogP contribution in [0.25, 0.3) is 0 Å². The van der Waals surface area contributed by atoms with E-state index in [1.165, 1.54) is 12.1 Å². The largest absolute Gasteiger partial charge is 0.308 e. The summed E-state index contributed by atoms with van der Waals surface area (Å²) in [5.41, 5.74) is 0.946. The quantitative estimate of drug-likeness (QED) is 0.911. The SMILES string of the molecule is CCC1(C)CN(Cc2ccc(F)c(F)c2)C(C)(CC)CN1. The van der Waals surface area contributed by atoms with E-state index in [0.29, 0.717) is 6.54 Å². The Kier molecular flexibility index (Phi) is 4.69. The third kappa shape index (κ3) is 3.43. The van der Waals surface area contributed by atoms with Crippen molar-refractivity contribution in [3.8, 4) is 0 Å². The van der Waals surface area contributed by atoms with Gasteiger partial charge in [-0.1, -0.05) is 19.9 Å². The highest BCUT2D eigenvalue weighted by Crippen LogP contribution is 2.30. The maximum absolute atomic E-state index is 13.4. The molecule has 1 aromatic rings. The molecule has 1 heterocycles. The topological polar surface area (TPSA) is 15.3 Å². The number of benzene rings is 1. The standard InChI is InChI=1S/C17H26F2N2/c1-5-16(3)12-21(17(4,6-2)11-20-16)10-13-7-8-14(18)15(19)9-13/h7-9,20H,5-6,10-12H2,1-4H3. The van der Waals surface area contributed by atoms with Crippen LogP contribution in [0.1, 0.15) is 46.1 Å². The van der Waals surface area contributed by atoms with Crippen LogP contribution in [0.3, 0.4) is 0 Å². The first kappa shape index (κ1) is 16.4. The van der Waals surface area contributed by atoms with E-state index in [9.17, 15) is 8.78 Å². The third-order valence-corrected chi connectivity index (χ3v) is 5.10. The van der Waals surface area contributed by atoms with Crippen molar-refractivity contribution in [2.24, 2.45) is 0 Å². The van der Waals surface area contributed by atoms with Gasteiger partial charge in [0.2, 0.25) is 0 Å². The van der Waals surface area contributed by atoms with Gasteiger partial charge < -0.3 is 5.32 Å². The number of rotatable bonds is 4. The molecule has 1 N–H and O–H groups in total. The van der Waals surface area contributed by atoms with Crippen LogP contribution in [-0.4, -0.2) is 29.1 Å². The molecule has 0 saturated carbocycles. The summed E-state index contributed by atoms with van der Waals surface area (Å²) >= 11 is 0. The van der Waals surface area contributed by atoms with E-state index in [2.05, 4.69) is 37.9 Å². The van der Waals surface area contributed by atoms with E-state index in [4.69, 9.17) is 0 Å². The second-order valence-corrected chi connectivity index (χ2v) is 6.72. The number of halogens is 2. The lowest BCUT2D eigenvalue weighted by Crippen LogP contribution is -2.67. The number of hydrogen-bond donors (Lipinski definition) is 1. The van der Waals surface area contributed by atoms with Crippen LogP contribution in [0.2, 0.25) is 0 Å². The van der Waals surface area contributed by atoms with Crippen molar-refractivity contribution in [1.29, 1.82) is 0 Å². The Morgan fingerprint density at radius 1 is 1.14 bits per heavy atom. The van der Waals surface area contributed by atoms with Gasteiger partial charge in [-0.15, -0.1) is 0 Å². The van der Waals surface area contributed by atoms with Gasteiger partial charge in [-0.25, -0.2) is 8.78 Å². The molecule has 1 fully saturated rings. The van der Waals surface area contributed by atoms with Gasteiger partial charge in [-0.2, -0.15) is 0 Å². The van der Waals surface area contributed by atoms with Gasteiger partial charge in [0.1, 0.15) is 0 Å². The van der Waals surface area contributed by atoms with Crippen molar-refractivity contribution < 1.29 is 8.78 Å². The summed E-state index contributed by atoms with van der Waals surface area (Å²) in [6.45, 7) is 11.3. The zero-order chi connectivity index (χ0) is 15.7. The van der Waals surface area contributed by atoms with E-state index in [-0.39, 0.29) is 11.1 Å². The molecule has 2 atom stereocenters. The minimum Gasteiger partial charge on any atom is -0.308 e. The monoisotopic (exact) mass is 296 g/mol. The molecule has 4 heteroatoms. The van der Waals surface area contributed by atoms with Crippen LogP contribution in [0, 0.1) is 11.6 Å². The summed E-state index contributed by atoms with van der Waals surface area (Å²) in [6, 6.07) is 4.21. The zero-order valence-corrected chi connectivity index (χ0v) is 13.5. The highest BCUT2D eigenvalue weighted by Gasteiger charge is 2.40. The van der Waals surface area contributed by atoms with Gasteiger partial charge in [-0.05, 0) is 44.4 Å². The van der Waals surface area contributed by atoms with E-state index in [0.717, 1.165) is 31.5 Å². The summed E-state index contributed by atoms with van der Waals surface area (Å²) in [5.74, 6) is -1.55.